The summed E-state index contributed by atoms with van der Waals surface area (Å²) in [6, 6.07) is 3.15. The van der Waals surface area contributed by atoms with E-state index in [9.17, 15) is 27.9 Å². The highest BCUT2D eigenvalue weighted by molar-refractivity contribution is 5.94. The smallest absolute Gasteiger partial charge is 0.416 e. The van der Waals surface area contributed by atoms with Gasteiger partial charge in [-0.05, 0) is 24.3 Å². The monoisotopic (exact) mass is 498 g/mol. The molecule has 3 heterocycles. The number of alkyl halides is 3. The summed E-state index contributed by atoms with van der Waals surface area (Å²) in [5, 5.41) is 11.5. The normalized spacial score (nSPS) is 16.5. The summed E-state index contributed by atoms with van der Waals surface area (Å²) in [4.78, 5) is 28.4. The molecule has 0 bridgehead atoms. The van der Waals surface area contributed by atoms with Gasteiger partial charge in [-0.25, -0.2) is 18.6 Å². The van der Waals surface area contributed by atoms with Gasteiger partial charge in [0.05, 0.1) is 41.8 Å². The molecule has 0 aliphatic carbocycles. The number of hydrogen-bond donors (Lipinski definition) is 2. The van der Waals surface area contributed by atoms with Crippen molar-refractivity contribution in [3.05, 3.63) is 58.9 Å². The number of benzene rings is 1. The molecular weight excluding hydrogens is 479 g/mol. The van der Waals surface area contributed by atoms with Crippen molar-refractivity contribution >= 4 is 17.6 Å². The van der Waals surface area contributed by atoms with Crippen molar-refractivity contribution in [2.24, 2.45) is 0 Å². The number of halogens is 5. The van der Waals surface area contributed by atoms with E-state index in [4.69, 9.17) is 4.74 Å². The van der Waals surface area contributed by atoms with Crippen LogP contribution >= 0.6 is 0 Å². The molecule has 1 aliphatic heterocycles. The lowest BCUT2D eigenvalue weighted by molar-refractivity contribution is -0.137. The maximum Gasteiger partial charge on any atom is 0.416 e. The molecule has 35 heavy (non-hydrogen) atoms. The summed E-state index contributed by atoms with van der Waals surface area (Å²) in [6.45, 7) is 0.152. The summed E-state index contributed by atoms with van der Waals surface area (Å²) in [5.74, 6) is -3.01. The zero-order valence-corrected chi connectivity index (χ0v) is 18.2. The van der Waals surface area contributed by atoms with Crippen LogP contribution in [0.25, 0.3) is 16.9 Å². The molecule has 0 spiro atoms. The molecule has 2 amide bonds. The Morgan fingerprint density at radius 1 is 1.23 bits per heavy atom. The van der Waals surface area contributed by atoms with Gasteiger partial charge in [0.25, 0.3) is 5.91 Å². The van der Waals surface area contributed by atoms with Gasteiger partial charge in [0, 0.05) is 31.8 Å². The van der Waals surface area contributed by atoms with Crippen molar-refractivity contribution in [3.8, 4) is 11.3 Å². The average molecular weight is 498 g/mol. The molecule has 2 N–H and O–H groups in total. The van der Waals surface area contributed by atoms with E-state index in [-0.39, 0.29) is 48.7 Å². The highest BCUT2D eigenvalue weighted by Crippen LogP contribution is 2.34. The molecular formula is C22H19F5N4O4. The van der Waals surface area contributed by atoms with Crippen LogP contribution in [0, 0.1) is 11.6 Å². The predicted octanol–water partition coefficient (Wildman–Crippen LogP) is 3.58. The van der Waals surface area contributed by atoms with Crippen LogP contribution in [0.3, 0.4) is 0 Å². The second-order valence-electron chi connectivity index (χ2n) is 7.87. The van der Waals surface area contributed by atoms with Crippen LogP contribution in [-0.4, -0.2) is 64.2 Å². The SMILES string of the molecule is CNC(=O)c1cc(F)c(-c2nc3cc(C(F)(F)F)ccn3c2C[C@H]2CN(C(=O)O)CCO2)c(F)c1. The largest absolute Gasteiger partial charge is 0.465 e. The number of rotatable bonds is 4. The highest BCUT2D eigenvalue weighted by atomic mass is 19.4. The first-order valence-electron chi connectivity index (χ1n) is 10.4. The lowest BCUT2D eigenvalue weighted by atomic mass is 10.0. The number of carbonyl (C=O) groups is 2. The molecule has 1 fully saturated rings. The lowest BCUT2D eigenvalue weighted by Crippen LogP contribution is -2.45. The van der Waals surface area contributed by atoms with Crippen LogP contribution in [0.1, 0.15) is 21.6 Å². The minimum atomic E-state index is -4.67. The Labute approximate surface area is 194 Å². The van der Waals surface area contributed by atoms with Gasteiger partial charge >= 0.3 is 12.3 Å². The second-order valence-corrected chi connectivity index (χ2v) is 7.87. The topological polar surface area (TPSA) is 96.2 Å². The molecule has 8 nitrogen and oxygen atoms in total. The quantitative estimate of drug-likeness (QED) is 0.537. The molecule has 1 aromatic carbocycles. The molecule has 1 atom stereocenters. The second kappa shape index (κ2) is 9.13. The maximum absolute atomic E-state index is 15.1. The Morgan fingerprint density at radius 2 is 1.91 bits per heavy atom. The zero-order valence-electron chi connectivity index (χ0n) is 18.2. The minimum absolute atomic E-state index is 0.0524. The van der Waals surface area contributed by atoms with Crippen molar-refractivity contribution in [2.75, 3.05) is 26.7 Å². The van der Waals surface area contributed by atoms with Crippen LogP contribution < -0.4 is 5.32 Å². The number of imidazole rings is 1. The highest BCUT2D eigenvalue weighted by Gasteiger charge is 2.33. The van der Waals surface area contributed by atoms with Crippen molar-refractivity contribution < 1.29 is 41.4 Å². The van der Waals surface area contributed by atoms with Crippen LogP contribution in [-0.2, 0) is 17.3 Å². The van der Waals surface area contributed by atoms with E-state index in [0.29, 0.717) is 0 Å². The molecule has 186 valence electrons. The molecule has 3 aromatic rings. The van der Waals surface area contributed by atoms with Crippen molar-refractivity contribution in [3.63, 3.8) is 0 Å². The van der Waals surface area contributed by atoms with Gasteiger partial charge in [-0.15, -0.1) is 0 Å². The number of nitrogens with one attached hydrogen (secondary N) is 1. The third-order valence-electron chi connectivity index (χ3n) is 5.65. The Balaban J connectivity index is 1.86. The van der Waals surface area contributed by atoms with Gasteiger partial charge in [0.2, 0.25) is 0 Å². The first kappa shape index (κ1) is 24.4. The van der Waals surface area contributed by atoms with Gasteiger partial charge < -0.3 is 24.5 Å². The molecule has 4 rings (SSSR count). The fourth-order valence-corrected chi connectivity index (χ4v) is 3.97. The average Bonchev–Trinajstić information content (AvgIpc) is 3.14. The molecule has 0 radical (unpaired) electrons. The lowest BCUT2D eigenvalue weighted by Gasteiger charge is -2.31. The van der Waals surface area contributed by atoms with Crippen LogP contribution in [0.2, 0.25) is 0 Å². The number of fused-ring (bicyclic) bond motifs is 1. The number of aromatic nitrogens is 2. The maximum atomic E-state index is 15.1. The Morgan fingerprint density at radius 3 is 2.51 bits per heavy atom. The number of morpholine rings is 1. The van der Waals surface area contributed by atoms with Crippen molar-refractivity contribution in [2.45, 2.75) is 18.7 Å². The summed E-state index contributed by atoms with van der Waals surface area (Å²) < 4.78 is 76.7. The van der Waals surface area contributed by atoms with E-state index in [1.54, 1.807) is 0 Å². The van der Waals surface area contributed by atoms with E-state index in [1.165, 1.54) is 11.4 Å². The first-order chi connectivity index (χ1) is 16.5. The Hall–Kier alpha value is -3.74. The number of carboxylic acid groups (broad SMARTS) is 1. The third kappa shape index (κ3) is 4.76. The fourth-order valence-electron chi connectivity index (χ4n) is 3.97. The molecule has 0 unspecified atom stereocenters. The summed E-state index contributed by atoms with van der Waals surface area (Å²) in [5.41, 5.74) is -2.30. The number of nitrogens with zero attached hydrogens (tertiary/aromatic N) is 3. The Kier molecular flexibility index (Phi) is 6.36. The van der Waals surface area contributed by atoms with Crippen molar-refractivity contribution in [1.29, 1.82) is 0 Å². The van der Waals surface area contributed by atoms with E-state index in [0.717, 1.165) is 35.4 Å². The van der Waals surface area contributed by atoms with E-state index < -0.39 is 47.0 Å². The Bertz CT molecular complexity index is 1280. The summed E-state index contributed by atoms with van der Waals surface area (Å²) in [7, 11) is 1.29. The molecule has 13 heteroatoms. The van der Waals surface area contributed by atoms with Gasteiger partial charge in [0.15, 0.2) is 0 Å². The van der Waals surface area contributed by atoms with Crippen molar-refractivity contribution in [1.82, 2.24) is 19.6 Å². The summed E-state index contributed by atoms with van der Waals surface area (Å²) >= 11 is 0. The number of carbonyl (C=O) groups excluding carboxylic acids is 1. The predicted molar refractivity (Wildman–Crippen MR) is 112 cm³/mol. The number of ether oxygens (including phenoxy) is 1. The van der Waals surface area contributed by atoms with Gasteiger partial charge in [-0.1, -0.05) is 0 Å². The van der Waals surface area contributed by atoms with Gasteiger partial charge in [-0.3, -0.25) is 4.79 Å². The van der Waals surface area contributed by atoms with Crippen LogP contribution in [0.5, 0.6) is 0 Å². The van der Waals surface area contributed by atoms with E-state index in [2.05, 4.69) is 10.3 Å². The van der Waals surface area contributed by atoms with Gasteiger partial charge in [-0.2, -0.15) is 13.2 Å². The molecule has 0 saturated carbocycles. The molecule has 2 aromatic heterocycles. The third-order valence-corrected chi connectivity index (χ3v) is 5.65. The minimum Gasteiger partial charge on any atom is -0.465 e. The number of pyridine rings is 1. The fraction of sp³-hybridized carbons (Fsp3) is 0.318. The standard InChI is InChI=1S/C22H19F5N4O4/c1-28-20(32)11-6-14(23)18(15(24)7-11)19-16(9-13-10-30(21(33)34)4-5-35-13)31-3-2-12(22(25,26)27)8-17(31)29-19/h2-3,6-8,13H,4-5,9-10H2,1H3,(H,28,32)(H,33,34)/t13-/m0/s1. The van der Waals surface area contributed by atoms with E-state index >= 15 is 8.78 Å². The summed E-state index contributed by atoms with van der Waals surface area (Å²) in [6.07, 6.45) is -5.60. The zero-order chi connectivity index (χ0) is 25.5. The molecule has 1 saturated heterocycles. The van der Waals surface area contributed by atoms with E-state index in [1.807, 2.05) is 0 Å². The van der Waals surface area contributed by atoms with Crippen LogP contribution in [0.15, 0.2) is 30.5 Å². The van der Waals surface area contributed by atoms with Crippen LogP contribution in [0.4, 0.5) is 26.7 Å². The molecule has 1 aliphatic rings. The number of hydrogen-bond acceptors (Lipinski definition) is 4. The van der Waals surface area contributed by atoms with Gasteiger partial charge in [0.1, 0.15) is 17.3 Å². The number of amides is 2. The first-order valence-corrected chi connectivity index (χ1v) is 10.4.